The largest absolute Gasteiger partial charge is 0.494 e. The standard InChI is InChI=1S/C22H38NO6P/c1-3-5-7-9-10-15-22(24)23-21(18-29-30(25,26)27)19-13-12-14-20(17-19)28-16-11-8-6-4-2/h12-14,17,21H,3-11,15-16,18H2,1-2H3,(H,23,24)(H2,25,26,27). The number of phosphoric ester groups is 1. The molecule has 0 fully saturated rings. The average molecular weight is 444 g/mol. The maximum absolute atomic E-state index is 12.3. The zero-order valence-corrected chi connectivity index (χ0v) is 19.2. The van der Waals surface area contributed by atoms with Crippen LogP contribution in [0.15, 0.2) is 24.3 Å². The Labute approximate surface area is 180 Å². The Hall–Kier alpha value is -1.40. The van der Waals surface area contributed by atoms with Crippen molar-refractivity contribution < 1.29 is 28.4 Å². The quantitative estimate of drug-likeness (QED) is 0.224. The molecule has 3 N–H and O–H groups in total. The van der Waals surface area contributed by atoms with E-state index in [0.717, 1.165) is 51.4 Å². The number of hydrogen-bond acceptors (Lipinski definition) is 4. The van der Waals surface area contributed by atoms with Gasteiger partial charge in [-0.05, 0) is 30.5 Å². The topological polar surface area (TPSA) is 105 Å². The van der Waals surface area contributed by atoms with Crippen molar-refractivity contribution in [2.75, 3.05) is 13.2 Å². The van der Waals surface area contributed by atoms with Crippen LogP contribution in [-0.2, 0) is 13.9 Å². The molecular weight excluding hydrogens is 405 g/mol. The van der Waals surface area contributed by atoms with Crippen molar-refractivity contribution in [1.82, 2.24) is 5.32 Å². The van der Waals surface area contributed by atoms with Gasteiger partial charge in [0.2, 0.25) is 5.91 Å². The van der Waals surface area contributed by atoms with E-state index in [1.165, 1.54) is 6.42 Å². The first-order valence-corrected chi connectivity index (χ1v) is 12.6. The Bertz CT molecular complexity index is 648. The molecule has 1 atom stereocenters. The first-order valence-electron chi connectivity index (χ1n) is 11.1. The molecule has 0 bridgehead atoms. The molecule has 8 heteroatoms. The molecule has 0 spiro atoms. The van der Waals surface area contributed by atoms with Gasteiger partial charge in [-0.2, -0.15) is 0 Å². The van der Waals surface area contributed by atoms with E-state index in [2.05, 4.69) is 23.7 Å². The van der Waals surface area contributed by atoms with Gasteiger partial charge in [-0.25, -0.2) is 4.57 Å². The second kappa shape index (κ2) is 15.4. The van der Waals surface area contributed by atoms with Gasteiger partial charge in [-0.3, -0.25) is 9.32 Å². The van der Waals surface area contributed by atoms with Gasteiger partial charge in [0.15, 0.2) is 0 Å². The van der Waals surface area contributed by atoms with E-state index in [9.17, 15) is 9.36 Å². The maximum Gasteiger partial charge on any atom is 0.469 e. The van der Waals surface area contributed by atoms with Gasteiger partial charge >= 0.3 is 7.82 Å². The molecule has 0 aromatic heterocycles. The van der Waals surface area contributed by atoms with E-state index >= 15 is 0 Å². The molecule has 1 amide bonds. The van der Waals surface area contributed by atoms with Crippen LogP contribution >= 0.6 is 7.82 Å². The molecule has 0 aliphatic rings. The van der Waals surface area contributed by atoms with Gasteiger partial charge in [0.1, 0.15) is 5.75 Å². The van der Waals surface area contributed by atoms with E-state index in [0.29, 0.717) is 24.3 Å². The summed E-state index contributed by atoms with van der Waals surface area (Å²) in [4.78, 5) is 30.5. The Morgan fingerprint density at radius 3 is 2.37 bits per heavy atom. The lowest BCUT2D eigenvalue weighted by Gasteiger charge is -2.20. The Morgan fingerprint density at radius 1 is 1.03 bits per heavy atom. The molecule has 1 aromatic carbocycles. The van der Waals surface area contributed by atoms with Crippen molar-refractivity contribution >= 4 is 13.7 Å². The zero-order chi connectivity index (χ0) is 22.2. The SMILES string of the molecule is CCCCCCCC(=O)NC(COP(=O)(O)O)c1cccc(OCCCCCC)c1. The van der Waals surface area contributed by atoms with Crippen LogP contribution in [0.5, 0.6) is 5.75 Å². The highest BCUT2D eigenvalue weighted by Crippen LogP contribution is 2.37. The van der Waals surface area contributed by atoms with Crippen LogP contribution in [0, 0.1) is 0 Å². The molecule has 172 valence electrons. The van der Waals surface area contributed by atoms with Crippen LogP contribution in [0.25, 0.3) is 0 Å². The summed E-state index contributed by atoms with van der Waals surface area (Å²) < 4.78 is 21.6. The first kappa shape index (κ1) is 26.6. The maximum atomic E-state index is 12.3. The summed E-state index contributed by atoms with van der Waals surface area (Å²) in [6.07, 6.45) is 9.99. The monoisotopic (exact) mass is 443 g/mol. The van der Waals surface area contributed by atoms with Gasteiger partial charge in [0, 0.05) is 6.42 Å². The highest BCUT2D eigenvalue weighted by molar-refractivity contribution is 7.46. The van der Waals surface area contributed by atoms with Gasteiger partial charge in [-0.15, -0.1) is 0 Å². The summed E-state index contributed by atoms with van der Waals surface area (Å²) in [5.74, 6) is 0.510. The van der Waals surface area contributed by atoms with Crippen molar-refractivity contribution in [3.05, 3.63) is 29.8 Å². The molecule has 0 radical (unpaired) electrons. The summed E-state index contributed by atoms with van der Waals surface area (Å²) in [6, 6.07) is 6.55. The lowest BCUT2D eigenvalue weighted by molar-refractivity contribution is -0.122. The van der Waals surface area contributed by atoms with Gasteiger partial charge in [0.25, 0.3) is 0 Å². The fraction of sp³-hybridized carbons (Fsp3) is 0.682. The number of phosphoric acid groups is 1. The molecule has 0 aliphatic heterocycles. The molecule has 0 heterocycles. The van der Waals surface area contributed by atoms with Crippen LogP contribution in [0.2, 0.25) is 0 Å². The molecule has 0 aliphatic carbocycles. The summed E-state index contributed by atoms with van der Waals surface area (Å²) in [5, 5.41) is 2.85. The van der Waals surface area contributed by atoms with E-state index in [1.807, 2.05) is 6.07 Å². The molecule has 1 aromatic rings. The summed E-state index contributed by atoms with van der Waals surface area (Å²) >= 11 is 0. The summed E-state index contributed by atoms with van der Waals surface area (Å²) in [6.45, 7) is 4.59. The minimum absolute atomic E-state index is 0.156. The smallest absolute Gasteiger partial charge is 0.469 e. The summed E-state index contributed by atoms with van der Waals surface area (Å²) in [7, 11) is -4.64. The molecule has 0 saturated heterocycles. The fourth-order valence-corrected chi connectivity index (χ4v) is 3.43. The minimum Gasteiger partial charge on any atom is -0.494 e. The number of hydrogen-bond donors (Lipinski definition) is 3. The third-order valence-corrected chi connectivity index (χ3v) is 5.26. The molecule has 30 heavy (non-hydrogen) atoms. The average Bonchev–Trinajstić information content (AvgIpc) is 2.70. The fourth-order valence-electron chi connectivity index (χ4n) is 3.09. The number of ether oxygens (including phenoxy) is 1. The van der Waals surface area contributed by atoms with Crippen LogP contribution < -0.4 is 10.1 Å². The second-order valence-corrected chi connectivity index (χ2v) is 8.79. The molecule has 1 unspecified atom stereocenters. The molecule has 7 nitrogen and oxygen atoms in total. The number of benzene rings is 1. The van der Waals surface area contributed by atoms with E-state index in [1.54, 1.807) is 18.2 Å². The van der Waals surface area contributed by atoms with E-state index in [4.69, 9.17) is 14.5 Å². The number of nitrogens with one attached hydrogen (secondary N) is 1. The normalized spacial score (nSPS) is 12.5. The van der Waals surface area contributed by atoms with Crippen molar-refractivity contribution in [3.8, 4) is 5.75 Å². The van der Waals surface area contributed by atoms with E-state index < -0.39 is 13.9 Å². The zero-order valence-electron chi connectivity index (χ0n) is 18.3. The Kier molecular flexibility index (Phi) is 13.7. The van der Waals surface area contributed by atoms with Crippen molar-refractivity contribution in [3.63, 3.8) is 0 Å². The number of rotatable bonds is 17. The van der Waals surface area contributed by atoms with Crippen molar-refractivity contribution in [2.45, 2.75) is 84.1 Å². The number of carbonyl (C=O) groups excluding carboxylic acids is 1. The second-order valence-electron chi connectivity index (χ2n) is 7.55. The summed E-state index contributed by atoms with van der Waals surface area (Å²) in [5.41, 5.74) is 0.689. The Balaban J connectivity index is 2.68. The number of carbonyl (C=O) groups is 1. The van der Waals surface area contributed by atoms with Crippen molar-refractivity contribution in [1.29, 1.82) is 0 Å². The first-order chi connectivity index (χ1) is 14.4. The lowest BCUT2D eigenvalue weighted by Crippen LogP contribution is -2.31. The molecule has 0 saturated carbocycles. The number of unbranched alkanes of at least 4 members (excludes halogenated alkanes) is 7. The van der Waals surface area contributed by atoms with Gasteiger partial charge in [0.05, 0.1) is 19.3 Å². The highest BCUT2D eigenvalue weighted by atomic mass is 31.2. The van der Waals surface area contributed by atoms with Crippen molar-refractivity contribution in [2.24, 2.45) is 0 Å². The lowest BCUT2D eigenvalue weighted by atomic mass is 10.1. The third-order valence-electron chi connectivity index (χ3n) is 4.78. The molecule has 1 rings (SSSR count). The predicted octanol–water partition coefficient (Wildman–Crippen LogP) is 5.27. The highest BCUT2D eigenvalue weighted by Gasteiger charge is 2.21. The predicted molar refractivity (Wildman–Crippen MR) is 118 cm³/mol. The van der Waals surface area contributed by atoms with E-state index in [-0.39, 0.29) is 12.5 Å². The van der Waals surface area contributed by atoms with Crippen LogP contribution in [-0.4, -0.2) is 28.9 Å². The van der Waals surface area contributed by atoms with Crippen LogP contribution in [0.1, 0.15) is 89.7 Å². The van der Waals surface area contributed by atoms with Gasteiger partial charge in [-0.1, -0.05) is 70.9 Å². The minimum atomic E-state index is -4.64. The number of amides is 1. The van der Waals surface area contributed by atoms with Crippen LogP contribution in [0.4, 0.5) is 0 Å². The molecular formula is C22H38NO6P. The third kappa shape index (κ3) is 13.0. The van der Waals surface area contributed by atoms with Gasteiger partial charge < -0.3 is 19.8 Å². The Morgan fingerprint density at radius 2 is 1.70 bits per heavy atom. The van der Waals surface area contributed by atoms with Crippen LogP contribution in [0.3, 0.4) is 0 Å².